The second kappa shape index (κ2) is 62.8. The number of carbonyl (C=O) groups is 1. The van der Waals surface area contributed by atoms with Crippen LogP contribution in [-0.2, 0) is 18.4 Å². The first-order chi connectivity index (χ1) is 39.0. The molecule has 8 nitrogen and oxygen atoms in total. The molecule has 0 aromatic heterocycles. The number of carbonyl (C=O) groups excluding carboxylic acids is 1. The highest BCUT2D eigenvalue weighted by molar-refractivity contribution is 7.47. The van der Waals surface area contributed by atoms with E-state index in [0.29, 0.717) is 23.9 Å². The average Bonchev–Trinajstić information content (AvgIpc) is 3.42. The summed E-state index contributed by atoms with van der Waals surface area (Å²) in [6.45, 7) is 4.96. The Balaban J connectivity index is 3.90. The lowest BCUT2D eigenvalue weighted by molar-refractivity contribution is -0.870. The Hall–Kier alpha value is -0.760. The van der Waals surface area contributed by atoms with Gasteiger partial charge in [-0.05, 0) is 38.5 Å². The van der Waals surface area contributed by atoms with Crippen LogP contribution in [0.15, 0.2) is 12.2 Å². The molecule has 0 heterocycles. The van der Waals surface area contributed by atoms with Crippen LogP contribution in [0, 0.1) is 0 Å². The van der Waals surface area contributed by atoms with Crippen LogP contribution in [0.2, 0.25) is 0 Å². The molecule has 0 saturated heterocycles. The molecule has 0 aliphatic heterocycles. The molecule has 0 rings (SSSR count). The zero-order valence-electron chi connectivity index (χ0n) is 54.9. The second-order valence-electron chi connectivity index (χ2n) is 26.3. The molecule has 0 radical (unpaired) electrons. The SMILES string of the molecule is CCCCCCCCCC/C=C\CCCCCCCCCCCCCCCCCCCCCCCCCCCC(=O)NC(COP(=O)(O)OCC[N+](C)(C)C)C(O)CCCCCCCCCCCCCCCCCCCCCCC. The normalized spacial score (nSPS) is 13.6. The van der Waals surface area contributed by atoms with Crippen LogP contribution >= 0.6 is 7.82 Å². The third-order valence-corrected chi connectivity index (χ3v) is 18.0. The highest BCUT2D eigenvalue weighted by Crippen LogP contribution is 2.43. The topological polar surface area (TPSA) is 105 Å². The molecular weight excluding hydrogens is 1010 g/mol. The Labute approximate surface area is 501 Å². The number of phosphoric acid groups is 1. The van der Waals surface area contributed by atoms with Crippen molar-refractivity contribution in [2.45, 2.75) is 398 Å². The lowest BCUT2D eigenvalue weighted by Crippen LogP contribution is -2.46. The quantitative estimate of drug-likeness (QED) is 0.0243. The van der Waals surface area contributed by atoms with E-state index in [9.17, 15) is 19.4 Å². The lowest BCUT2D eigenvalue weighted by atomic mass is 10.0. The molecule has 0 aromatic rings. The van der Waals surface area contributed by atoms with E-state index in [1.54, 1.807) is 0 Å². The summed E-state index contributed by atoms with van der Waals surface area (Å²) in [4.78, 5) is 23.5. The van der Waals surface area contributed by atoms with Gasteiger partial charge in [-0.1, -0.05) is 353 Å². The Bertz CT molecular complexity index is 1310. The molecule has 0 aliphatic carbocycles. The highest BCUT2D eigenvalue weighted by Gasteiger charge is 2.28. The number of nitrogens with one attached hydrogen (secondary N) is 1. The standard InChI is InChI=1S/C71H143N2O6P/c1-6-8-10-12-14-16-18-20-22-24-26-28-29-30-31-32-33-34-35-36-37-38-39-40-41-42-43-45-47-49-51-53-55-57-59-61-63-65-71(75)72-69(68-79-80(76,77)78-67-66-73(3,4)5)70(74)64-62-60-58-56-54-52-50-48-46-44-27-25-23-21-19-17-15-13-11-9-7-2/h24,26,69-70,74H,6-23,25,27-68H2,1-5H3,(H-,72,75,76,77)/p+1/b26-24-. The molecule has 9 heteroatoms. The molecule has 0 bridgehead atoms. The number of hydrogen-bond acceptors (Lipinski definition) is 5. The van der Waals surface area contributed by atoms with Crippen molar-refractivity contribution < 1.29 is 32.9 Å². The van der Waals surface area contributed by atoms with Gasteiger partial charge in [0.2, 0.25) is 5.91 Å². The van der Waals surface area contributed by atoms with Crippen molar-refractivity contribution in [2.75, 3.05) is 40.9 Å². The molecule has 3 N–H and O–H groups in total. The fourth-order valence-corrected chi connectivity index (χ4v) is 12.1. The maximum absolute atomic E-state index is 13.1. The molecule has 3 unspecified atom stereocenters. The van der Waals surface area contributed by atoms with Crippen molar-refractivity contribution >= 4 is 13.7 Å². The van der Waals surface area contributed by atoms with Gasteiger partial charge in [0.1, 0.15) is 13.2 Å². The predicted molar refractivity (Wildman–Crippen MR) is 351 cm³/mol. The average molecular weight is 1150 g/mol. The van der Waals surface area contributed by atoms with Crippen molar-refractivity contribution in [3.63, 3.8) is 0 Å². The Morgan fingerprint density at radius 3 is 0.963 bits per heavy atom. The molecule has 0 fully saturated rings. The summed E-state index contributed by atoms with van der Waals surface area (Å²) in [6.07, 6.45) is 80.4. The maximum atomic E-state index is 13.1. The summed E-state index contributed by atoms with van der Waals surface area (Å²) >= 11 is 0. The zero-order chi connectivity index (χ0) is 58.4. The van der Waals surface area contributed by atoms with Crippen LogP contribution in [0.5, 0.6) is 0 Å². The molecule has 0 aromatic carbocycles. The van der Waals surface area contributed by atoms with Crippen molar-refractivity contribution in [3.05, 3.63) is 12.2 Å². The van der Waals surface area contributed by atoms with Gasteiger partial charge in [-0.25, -0.2) is 4.57 Å². The fraction of sp³-hybridized carbons (Fsp3) is 0.958. The van der Waals surface area contributed by atoms with E-state index in [4.69, 9.17) is 9.05 Å². The minimum Gasteiger partial charge on any atom is -0.391 e. The van der Waals surface area contributed by atoms with Gasteiger partial charge in [-0.3, -0.25) is 13.8 Å². The third-order valence-electron chi connectivity index (χ3n) is 17.0. The number of allylic oxidation sites excluding steroid dienone is 2. The zero-order valence-corrected chi connectivity index (χ0v) is 55.8. The number of quaternary nitrogens is 1. The number of unbranched alkanes of at least 4 members (excludes halogenated alkanes) is 53. The first-order valence-corrected chi connectivity index (χ1v) is 37.5. The molecule has 3 atom stereocenters. The van der Waals surface area contributed by atoms with E-state index in [1.165, 1.54) is 321 Å². The largest absolute Gasteiger partial charge is 0.472 e. The summed E-state index contributed by atoms with van der Waals surface area (Å²) in [5.41, 5.74) is 0. The second-order valence-corrected chi connectivity index (χ2v) is 27.8. The van der Waals surface area contributed by atoms with E-state index < -0.39 is 20.0 Å². The van der Waals surface area contributed by atoms with Gasteiger partial charge in [0.05, 0.1) is 39.9 Å². The number of aliphatic hydroxyl groups is 1. The van der Waals surface area contributed by atoms with E-state index in [0.717, 1.165) is 38.5 Å². The van der Waals surface area contributed by atoms with Crippen molar-refractivity contribution in [1.82, 2.24) is 5.32 Å². The van der Waals surface area contributed by atoms with Crippen LogP contribution in [0.1, 0.15) is 386 Å². The summed E-state index contributed by atoms with van der Waals surface area (Å²) in [5.74, 6) is -0.134. The van der Waals surface area contributed by atoms with E-state index >= 15 is 0 Å². The van der Waals surface area contributed by atoms with Crippen molar-refractivity contribution in [3.8, 4) is 0 Å². The van der Waals surface area contributed by atoms with Crippen molar-refractivity contribution in [2.24, 2.45) is 0 Å². The molecule has 0 spiro atoms. The van der Waals surface area contributed by atoms with Gasteiger partial charge in [-0.2, -0.15) is 0 Å². The van der Waals surface area contributed by atoms with Gasteiger partial charge in [0.25, 0.3) is 0 Å². The van der Waals surface area contributed by atoms with Gasteiger partial charge in [-0.15, -0.1) is 0 Å². The summed E-state index contributed by atoms with van der Waals surface area (Å²) < 4.78 is 23.9. The van der Waals surface area contributed by atoms with Gasteiger partial charge < -0.3 is 19.8 Å². The number of phosphoric ester groups is 1. The van der Waals surface area contributed by atoms with Gasteiger partial charge in [0, 0.05) is 6.42 Å². The minimum atomic E-state index is -4.33. The summed E-state index contributed by atoms with van der Waals surface area (Å²) in [5, 5.41) is 14.1. The van der Waals surface area contributed by atoms with E-state index in [2.05, 4.69) is 31.3 Å². The van der Waals surface area contributed by atoms with Gasteiger partial charge >= 0.3 is 7.82 Å². The van der Waals surface area contributed by atoms with Crippen LogP contribution in [0.4, 0.5) is 0 Å². The minimum absolute atomic E-state index is 0.0787. The third kappa shape index (κ3) is 64.8. The predicted octanol–water partition coefficient (Wildman–Crippen LogP) is 22.9. The van der Waals surface area contributed by atoms with Crippen LogP contribution in [0.25, 0.3) is 0 Å². The monoisotopic (exact) mass is 1150 g/mol. The first-order valence-electron chi connectivity index (χ1n) is 36.1. The van der Waals surface area contributed by atoms with Crippen LogP contribution in [-0.4, -0.2) is 73.4 Å². The molecule has 478 valence electrons. The molecule has 0 saturated carbocycles. The molecular formula is C71H144N2O6P+. The maximum Gasteiger partial charge on any atom is 0.472 e. The smallest absolute Gasteiger partial charge is 0.391 e. The number of likely N-dealkylation sites (N-methyl/N-ethyl adjacent to an activating group) is 1. The Morgan fingerprint density at radius 2 is 0.675 bits per heavy atom. The first kappa shape index (κ1) is 79.2. The summed E-state index contributed by atoms with van der Waals surface area (Å²) in [6, 6.07) is -0.758. The number of rotatable bonds is 68. The Kier molecular flexibility index (Phi) is 62.2. The van der Waals surface area contributed by atoms with Crippen LogP contribution in [0.3, 0.4) is 0 Å². The number of aliphatic hydroxyl groups excluding tert-OH is 1. The van der Waals surface area contributed by atoms with Crippen LogP contribution < -0.4 is 5.32 Å². The van der Waals surface area contributed by atoms with E-state index in [1.807, 2.05) is 21.1 Å². The lowest BCUT2D eigenvalue weighted by Gasteiger charge is -2.26. The van der Waals surface area contributed by atoms with E-state index in [-0.39, 0.29) is 19.1 Å². The molecule has 80 heavy (non-hydrogen) atoms. The fourth-order valence-electron chi connectivity index (χ4n) is 11.4. The van der Waals surface area contributed by atoms with Crippen molar-refractivity contribution in [1.29, 1.82) is 0 Å². The van der Waals surface area contributed by atoms with Gasteiger partial charge in [0.15, 0.2) is 0 Å². The Morgan fingerprint density at radius 1 is 0.412 bits per heavy atom. The highest BCUT2D eigenvalue weighted by atomic mass is 31.2. The summed E-state index contributed by atoms with van der Waals surface area (Å²) in [7, 11) is 1.64. The molecule has 0 aliphatic rings. The number of amides is 1. The number of hydrogen-bond donors (Lipinski definition) is 3. The molecule has 1 amide bonds. The number of nitrogens with zero attached hydrogens (tertiary/aromatic N) is 1.